The number of hydrogen-bond acceptors (Lipinski definition) is 7. The smallest absolute Gasteiger partial charge is 0.345 e. The number of piperidine rings is 1. The summed E-state index contributed by atoms with van der Waals surface area (Å²) in [5.74, 6) is -0.121. The van der Waals surface area contributed by atoms with Crippen molar-refractivity contribution in [2.75, 3.05) is 31.1 Å². The van der Waals surface area contributed by atoms with Crippen LogP contribution >= 0.6 is 11.3 Å². The highest BCUT2D eigenvalue weighted by molar-refractivity contribution is 7.18. The molecule has 2 rings (SSSR count). The van der Waals surface area contributed by atoms with Crippen LogP contribution in [0.1, 0.15) is 12.8 Å². The number of nitrogens with two attached hydrogens (primary N) is 1. The maximum absolute atomic E-state index is 11.9. The Bertz CT molecular complexity index is 492. The molecule has 9 heteroatoms. The van der Waals surface area contributed by atoms with E-state index < -0.39 is 4.92 Å². The maximum atomic E-state index is 11.9. The number of nitrogens with one attached hydrogen (secondary N) is 1. The van der Waals surface area contributed by atoms with Crippen molar-refractivity contribution in [3.63, 3.8) is 0 Å². The third kappa shape index (κ3) is 3.42. The van der Waals surface area contributed by atoms with Gasteiger partial charge in [0.15, 0.2) is 5.13 Å². The number of amides is 1. The standard InChI is InChI=1S/C11H17N5O3S/c12-3-4-13-10(17)8-2-1-5-15(7-8)11-14-6-9(20-11)16(18)19/h6,8H,1-5,7,12H2,(H,13,17). The summed E-state index contributed by atoms with van der Waals surface area (Å²) in [7, 11) is 0. The van der Waals surface area contributed by atoms with Crippen molar-refractivity contribution in [2.24, 2.45) is 11.7 Å². The molecule has 1 aliphatic rings. The van der Waals surface area contributed by atoms with Gasteiger partial charge in [-0.2, -0.15) is 0 Å². The highest BCUT2D eigenvalue weighted by Crippen LogP contribution is 2.31. The Kier molecular flexibility index (Phi) is 4.85. The second kappa shape index (κ2) is 6.62. The van der Waals surface area contributed by atoms with Crippen LogP contribution in [-0.4, -0.2) is 42.0 Å². The van der Waals surface area contributed by atoms with E-state index in [1.165, 1.54) is 6.20 Å². The van der Waals surface area contributed by atoms with E-state index >= 15 is 0 Å². The first-order valence-electron chi connectivity index (χ1n) is 6.44. The monoisotopic (exact) mass is 299 g/mol. The van der Waals surface area contributed by atoms with Gasteiger partial charge in [-0.3, -0.25) is 14.9 Å². The molecule has 20 heavy (non-hydrogen) atoms. The lowest BCUT2D eigenvalue weighted by molar-refractivity contribution is -0.380. The first-order chi connectivity index (χ1) is 9.61. The zero-order valence-electron chi connectivity index (χ0n) is 10.9. The van der Waals surface area contributed by atoms with E-state index in [0.717, 1.165) is 30.7 Å². The molecular weight excluding hydrogens is 282 g/mol. The Hall–Kier alpha value is -1.74. The molecule has 1 aromatic heterocycles. The Labute approximate surface area is 120 Å². The summed E-state index contributed by atoms with van der Waals surface area (Å²) >= 11 is 1.04. The zero-order chi connectivity index (χ0) is 14.5. The molecule has 3 N–H and O–H groups in total. The largest absolute Gasteiger partial charge is 0.355 e. The fourth-order valence-electron chi connectivity index (χ4n) is 2.19. The Morgan fingerprint density at radius 3 is 3.15 bits per heavy atom. The molecule has 0 aliphatic carbocycles. The second-order valence-corrected chi connectivity index (χ2v) is 5.59. The number of carbonyl (C=O) groups excluding carboxylic acids is 1. The minimum Gasteiger partial charge on any atom is -0.355 e. The lowest BCUT2D eigenvalue weighted by atomic mass is 9.97. The predicted molar refractivity (Wildman–Crippen MR) is 75.8 cm³/mol. The van der Waals surface area contributed by atoms with Gasteiger partial charge in [-0.05, 0) is 24.2 Å². The minimum atomic E-state index is -0.448. The molecule has 1 amide bonds. The van der Waals surface area contributed by atoms with Crippen LogP contribution in [0.3, 0.4) is 0 Å². The summed E-state index contributed by atoms with van der Waals surface area (Å²) in [5.41, 5.74) is 5.36. The predicted octanol–water partition coefficient (Wildman–Crippen LogP) is 0.343. The summed E-state index contributed by atoms with van der Waals surface area (Å²) in [5, 5.41) is 14.1. The normalized spacial score (nSPS) is 18.9. The van der Waals surface area contributed by atoms with Crippen molar-refractivity contribution in [1.82, 2.24) is 10.3 Å². The number of carbonyl (C=O) groups is 1. The van der Waals surface area contributed by atoms with Crippen molar-refractivity contribution in [3.05, 3.63) is 16.3 Å². The molecule has 0 spiro atoms. The third-order valence-electron chi connectivity index (χ3n) is 3.17. The molecule has 0 radical (unpaired) electrons. The number of thiazole rings is 1. The summed E-state index contributed by atoms with van der Waals surface area (Å²) in [6.07, 6.45) is 2.95. The van der Waals surface area contributed by atoms with Gasteiger partial charge in [0.2, 0.25) is 5.91 Å². The van der Waals surface area contributed by atoms with Crippen LogP contribution in [0.2, 0.25) is 0 Å². The molecule has 1 aliphatic heterocycles. The molecule has 0 bridgehead atoms. The average molecular weight is 299 g/mol. The van der Waals surface area contributed by atoms with Crippen molar-refractivity contribution in [3.8, 4) is 0 Å². The van der Waals surface area contributed by atoms with Gasteiger partial charge in [-0.1, -0.05) is 0 Å². The topological polar surface area (TPSA) is 114 Å². The second-order valence-electron chi connectivity index (χ2n) is 4.60. The Morgan fingerprint density at radius 1 is 1.70 bits per heavy atom. The maximum Gasteiger partial charge on any atom is 0.345 e. The summed E-state index contributed by atoms with van der Waals surface area (Å²) in [4.78, 5) is 28.2. The van der Waals surface area contributed by atoms with Gasteiger partial charge in [0.05, 0.1) is 10.8 Å². The fraction of sp³-hybridized carbons (Fsp3) is 0.636. The van der Waals surface area contributed by atoms with Crippen LogP contribution in [0.4, 0.5) is 10.1 Å². The van der Waals surface area contributed by atoms with Crippen LogP contribution in [0.25, 0.3) is 0 Å². The molecule has 110 valence electrons. The molecular formula is C11H17N5O3S. The third-order valence-corrected chi connectivity index (χ3v) is 4.18. The number of aromatic nitrogens is 1. The van der Waals surface area contributed by atoms with Gasteiger partial charge in [0.1, 0.15) is 6.20 Å². The van der Waals surface area contributed by atoms with Crippen LogP contribution in [0, 0.1) is 16.0 Å². The summed E-state index contributed by atoms with van der Waals surface area (Å²) in [6.45, 7) is 2.20. The molecule has 1 aromatic rings. The molecule has 1 atom stereocenters. The molecule has 0 aromatic carbocycles. The fourth-order valence-corrected chi connectivity index (χ4v) is 2.96. The van der Waals surface area contributed by atoms with E-state index in [1.54, 1.807) is 0 Å². The van der Waals surface area contributed by atoms with Gasteiger partial charge < -0.3 is 16.0 Å². The van der Waals surface area contributed by atoms with E-state index in [0.29, 0.717) is 24.8 Å². The van der Waals surface area contributed by atoms with Gasteiger partial charge in [-0.25, -0.2) is 4.98 Å². The first-order valence-corrected chi connectivity index (χ1v) is 7.26. The van der Waals surface area contributed by atoms with Gasteiger partial charge in [-0.15, -0.1) is 0 Å². The lowest BCUT2D eigenvalue weighted by Crippen LogP contribution is -2.44. The van der Waals surface area contributed by atoms with Crippen molar-refractivity contribution < 1.29 is 9.72 Å². The number of nitro groups is 1. The van der Waals surface area contributed by atoms with Gasteiger partial charge in [0.25, 0.3) is 0 Å². The number of rotatable bonds is 5. The van der Waals surface area contributed by atoms with Crippen molar-refractivity contribution in [1.29, 1.82) is 0 Å². The molecule has 1 unspecified atom stereocenters. The number of hydrogen-bond donors (Lipinski definition) is 2. The molecule has 8 nitrogen and oxygen atoms in total. The van der Waals surface area contributed by atoms with Gasteiger partial charge in [0, 0.05) is 26.2 Å². The van der Waals surface area contributed by atoms with Crippen molar-refractivity contribution in [2.45, 2.75) is 12.8 Å². The molecule has 1 saturated heterocycles. The lowest BCUT2D eigenvalue weighted by Gasteiger charge is -2.31. The van der Waals surface area contributed by atoms with E-state index in [2.05, 4.69) is 10.3 Å². The number of nitrogens with zero attached hydrogens (tertiary/aromatic N) is 3. The molecule has 0 saturated carbocycles. The van der Waals surface area contributed by atoms with Crippen LogP contribution in [0.5, 0.6) is 0 Å². The van der Waals surface area contributed by atoms with Crippen LogP contribution in [0.15, 0.2) is 6.20 Å². The van der Waals surface area contributed by atoms with Crippen LogP contribution < -0.4 is 16.0 Å². The number of anilines is 1. The summed E-state index contributed by atoms with van der Waals surface area (Å²) in [6, 6.07) is 0. The van der Waals surface area contributed by atoms with Crippen LogP contribution in [-0.2, 0) is 4.79 Å². The molecule has 2 heterocycles. The average Bonchev–Trinajstić information content (AvgIpc) is 2.95. The highest BCUT2D eigenvalue weighted by Gasteiger charge is 2.27. The van der Waals surface area contributed by atoms with Crippen molar-refractivity contribution >= 4 is 27.4 Å². The zero-order valence-corrected chi connectivity index (χ0v) is 11.8. The minimum absolute atomic E-state index is 0.00814. The molecule has 1 fully saturated rings. The van der Waals surface area contributed by atoms with E-state index in [9.17, 15) is 14.9 Å². The van der Waals surface area contributed by atoms with E-state index in [-0.39, 0.29) is 16.8 Å². The Morgan fingerprint density at radius 2 is 2.50 bits per heavy atom. The highest BCUT2D eigenvalue weighted by atomic mass is 32.1. The van der Waals surface area contributed by atoms with E-state index in [4.69, 9.17) is 5.73 Å². The van der Waals surface area contributed by atoms with E-state index in [1.807, 2.05) is 4.90 Å². The summed E-state index contributed by atoms with van der Waals surface area (Å²) < 4.78 is 0. The quantitative estimate of drug-likeness (QED) is 0.598. The first kappa shape index (κ1) is 14.7. The Balaban J connectivity index is 1.98. The SMILES string of the molecule is NCCNC(=O)C1CCCN(c2ncc([N+](=O)[O-])s2)C1. The van der Waals surface area contributed by atoms with Gasteiger partial charge >= 0.3 is 5.00 Å².